The first kappa shape index (κ1) is 12.3. The molecule has 0 fully saturated rings. The summed E-state index contributed by atoms with van der Waals surface area (Å²) in [6.45, 7) is 0. The first-order valence-corrected chi connectivity index (χ1v) is 7.13. The van der Waals surface area contributed by atoms with Gasteiger partial charge in [0.2, 0.25) is 0 Å². The summed E-state index contributed by atoms with van der Waals surface area (Å²) in [6.07, 6.45) is 1.04. The zero-order valence-electron chi connectivity index (χ0n) is 9.97. The molecule has 17 heavy (non-hydrogen) atoms. The van der Waals surface area contributed by atoms with Gasteiger partial charge in [0.15, 0.2) is 0 Å². The van der Waals surface area contributed by atoms with Crippen molar-refractivity contribution in [1.29, 1.82) is 0 Å². The van der Waals surface area contributed by atoms with Gasteiger partial charge in [0.25, 0.3) is 0 Å². The van der Waals surface area contributed by atoms with Crippen molar-refractivity contribution < 1.29 is 4.74 Å². The predicted molar refractivity (Wildman–Crippen MR) is 74.4 cm³/mol. The van der Waals surface area contributed by atoms with E-state index in [1.54, 1.807) is 24.0 Å². The van der Waals surface area contributed by atoms with E-state index in [1.165, 1.54) is 11.1 Å². The van der Waals surface area contributed by atoms with Crippen LogP contribution in [0.25, 0.3) is 0 Å². The zero-order chi connectivity index (χ0) is 12.1. The van der Waals surface area contributed by atoms with Crippen LogP contribution in [0.15, 0.2) is 54.6 Å². The van der Waals surface area contributed by atoms with Crippen molar-refractivity contribution in [3.8, 4) is 5.75 Å². The molecule has 0 amide bonds. The maximum atomic E-state index is 5.39. The van der Waals surface area contributed by atoms with Crippen LogP contribution in [0.4, 0.5) is 0 Å². The summed E-state index contributed by atoms with van der Waals surface area (Å²) in [5, 5.41) is 0. The van der Waals surface area contributed by atoms with Crippen LogP contribution in [0, 0.1) is 0 Å². The van der Waals surface area contributed by atoms with E-state index in [9.17, 15) is 0 Å². The summed E-state index contributed by atoms with van der Waals surface area (Å²) >= 11 is 1.76. The molecule has 88 valence electrons. The Morgan fingerprint density at radius 1 is 1.00 bits per heavy atom. The molecule has 0 aliphatic carbocycles. The summed E-state index contributed by atoms with van der Waals surface area (Å²) < 4.78 is 5.96. The Balaban J connectivity index is 2.16. The van der Waals surface area contributed by atoms with E-state index in [-0.39, 0.29) is 0 Å². The number of para-hydroxylation sites is 1. The summed E-state index contributed by atoms with van der Waals surface area (Å²) in [4.78, 5) is 0. The first-order valence-electron chi connectivity index (χ1n) is 5.73. The molecule has 0 spiro atoms. The van der Waals surface area contributed by atoms with Crippen molar-refractivity contribution in [1.82, 2.24) is 0 Å². The fraction of sp³-hybridized carbons (Fsp3) is 0.200. The minimum absolute atomic E-state index is 0.569. The van der Waals surface area contributed by atoms with Crippen LogP contribution in [0.2, 0.25) is 0 Å². The molecule has 0 aromatic heterocycles. The Bertz CT molecular complexity index is 467. The maximum absolute atomic E-state index is 5.39. The monoisotopic (exact) mass is 288 g/mol. The average molecular weight is 288 g/mol. The second-order valence-corrected chi connectivity index (χ2v) is 5.72. The number of hydrogen-bond donors (Lipinski definition) is 0. The summed E-state index contributed by atoms with van der Waals surface area (Å²) in [6, 6.07) is 18.9. The number of benzene rings is 2. The van der Waals surface area contributed by atoms with Gasteiger partial charge in [-0.25, -0.2) is 0 Å². The molecule has 0 heterocycles. The molecule has 0 saturated carbocycles. The second-order valence-electron chi connectivity index (χ2n) is 4.03. The Morgan fingerprint density at radius 3 is 2.35 bits per heavy atom. The molecule has 2 atom stereocenters. The van der Waals surface area contributed by atoms with Crippen molar-refractivity contribution in [3.05, 3.63) is 65.7 Å². The van der Waals surface area contributed by atoms with Crippen LogP contribution in [-0.4, -0.2) is 24.0 Å². The molecule has 0 aliphatic rings. The van der Waals surface area contributed by atoms with Crippen LogP contribution >= 0.6 is 0 Å². The van der Waals surface area contributed by atoms with Crippen molar-refractivity contribution >= 4 is 16.9 Å². The van der Waals surface area contributed by atoms with Gasteiger partial charge in [-0.05, 0) is 0 Å². The van der Waals surface area contributed by atoms with Crippen LogP contribution in [0.3, 0.4) is 0 Å². The van der Waals surface area contributed by atoms with E-state index < -0.39 is 0 Å². The summed E-state index contributed by atoms with van der Waals surface area (Å²) in [5.41, 5.74) is 2.69. The Labute approximate surface area is 111 Å². The van der Waals surface area contributed by atoms with E-state index in [2.05, 4.69) is 42.5 Å². The van der Waals surface area contributed by atoms with Gasteiger partial charge in [0.05, 0.1) is 0 Å². The summed E-state index contributed by atoms with van der Waals surface area (Å²) in [7, 11) is 1.73. The standard InChI is InChI=1S/C15H17AsO/c1-17-15-10-6-5-9-13(15)11-14(16)12-7-3-2-4-8-12/h2-10,14H,11,16H2,1H3. The van der Waals surface area contributed by atoms with Gasteiger partial charge < -0.3 is 0 Å². The quantitative estimate of drug-likeness (QED) is 0.786. The third-order valence-corrected chi connectivity index (χ3v) is 4.16. The molecule has 0 radical (unpaired) electrons. The molecule has 0 aliphatic heterocycles. The zero-order valence-corrected chi connectivity index (χ0v) is 12.4. The molecule has 2 heteroatoms. The van der Waals surface area contributed by atoms with Crippen molar-refractivity contribution in [2.75, 3.05) is 7.11 Å². The van der Waals surface area contributed by atoms with E-state index in [0.717, 1.165) is 12.2 Å². The van der Waals surface area contributed by atoms with Crippen molar-refractivity contribution in [3.63, 3.8) is 0 Å². The van der Waals surface area contributed by atoms with Crippen LogP contribution in [-0.2, 0) is 6.42 Å². The van der Waals surface area contributed by atoms with Gasteiger partial charge in [-0.1, -0.05) is 0 Å². The third-order valence-electron chi connectivity index (χ3n) is 2.86. The second kappa shape index (κ2) is 5.93. The summed E-state index contributed by atoms with van der Waals surface area (Å²) in [5.74, 6) is 0.992. The molecule has 0 saturated heterocycles. The SMILES string of the molecule is COc1ccccc1CC([AsH2])c1ccccc1. The third kappa shape index (κ3) is 3.14. The molecular formula is C15H17AsO. The number of hydrogen-bond acceptors (Lipinski definition) is 1. The van der Waals surface area contributed by atoms with Crippen molar-refractivity contribution in [2.45, 2.75) is 11.1 Å². The molecule has 2 unspecified atom stereocenters. The molecule has 2 aromatic rings. The van der Waals surface area contributed by atoms with Gasteiger partial charge in [-0.15, -0.1) is 0 Å². The van der Waals surface area contributed by atoms with E-state index >= 15 is 0 Å². The first-order chi connectivity index (χ1) is 8.31. The molecule has 2 aromatic carbocycles. The number of methoxy groups -OCH3 is 1. The molecule has 1 nitrogen and oxygen atoms in total. The number of rotatable bonds is 4. The van der Waals surface area contributed by atoms with Crippen LogP contribution < -0.4 is 4.74 Å². The molecular weight excluding hydrogens is 271 g/mol. The van der Waals surface area contributed by atoms with E-state index in [1.807, 2.05) is 12.1 Å². The van der Waals surface area contributed by atoms with Crippen molar-refractivity contribution in [2.24, 2.45) is 0 Å². The molecule has 0 bridgehead atoms. The van der Waals surface area contributed by atoms with Gasteiger partial charge in [0, 0.05) is 0 Å². The number of ether oxygens (including phenoxy) is 1. The average Bonchev–Trinajstić information content (AvgIpc) is 2.40. The van der Waals surface area contributed by atoms with Gasteiger partial charge in [-0.2, -0.15) is 0 Å². The minimum atomic E-state index is 0.569. The Kier molecular flexibility index (Phi) is 4.28. The Hall–Kier alpha value is -1.20. The van der Waals surface area contributed by atoms with E-state index in [0.29, 0.717) is 4.71 Å². The van der Waals surface area contributed by atoms with Crippen LogP contribution in [0.5, 0.6) is 5.75 Å². The fourth-order valence-corrected chi connectivity index (χ4v) is 2.93. The fourth-order valence-electron chi connectivity index (χ4n) is 1.93. The van der Waals surface area contributed by atoms with E-state index in [4.69, 9.17) is 4.74 Å². The van der Waals surface area contributed by atoms with Gasteiger partial charge in [-0.3, -0.25) is 0 Å². The van der Waals surface area contributed by atoms with Gasteiger partial charge >= 0.3 is 111 Å². The normalized spacial score (nSPS) is 12.1. The van der Waals surface area contributed by atoms with Gasteiger partial charge in [0.1, 0.15) is 0 Å². The predicted octanol–water partition coefficient (Wildman–Crippen LogP) is 2.61. The van der Waals surface area contributed by atoms with Crippen LogP contribution in [0.1, 0.15) is 15.8 Å². The molecule has 2 rings (SSSR count). The molecule has 0 N–H and O–H groups in total. The topological polar surface area (TPSA) is 9.23 Å². The Morgan fingerprint density at radius 2 is 1.65 bits per heavy atom.